The Morgan fingerprint density at radius 1 is 1.03 bits per heavy atom. The van der Waals surface area contributed by atoms with E-state index in [1.165, 1.54) is 30.6 Å². The minimum Gasteiger partial charge on any atom is -0.493 e. The summed E-state index contributed by atoms with van der Waals surface area (Å²) in [6, 6.07) is 20.2. The van der Waals surface area contributed by atoms with Crippen molar-refractivity contribution in [2.24, 2.45) is 0 Å². The number of thiazole rings is 1. The van der Waals surface area contributed by atoms with Crippen LogP contribution in [0.2, 0.25) is 0 Å². The van der Waals surface area contributed by atoms with Crippen LogP contribution >= 0.6 is 11.3 Å². The van der Waals surface area contributed by atoms with Crippen LogP contribution in [-0.2, 0) is 6.61 Å². The summed E-state index contributed by atoms with van der Waals surface area (Å²) in [6.07, 6.45) is 0. The molecule has 5 nitrogen and oxygen atoms in total. The van der Waals surface area contributed by atoms with E-state index in [0.29, 0.717) is 23.7 Å². The van der Waals surface area contributed by atoms with Gasteiger partial charge in [0, 0.05) is 10.9 Å². The number of rotatable bonds is 8. The van der Waals surface area contributed by atoms with E-state index >= 15 is 0 Å². The van der Waals surface area contributed by atoms with Crippen molar-refractivity contribution >= 4 is 17.2 Å². The molecule has 0 aliphatic carbocycles. The lowest BCUT2D eigenvalue weighted by Gasteiger charge is -2.20. The van der Waals surface area contributed by atoms with Crippen LogP contribution in [0.5, 0.6) is 11.5 Å². The Morgan fingerprint density at radius 2 is 1.78 bits per heavy atom. The fourth-order valence-corrected chi connectivity index (χ4v) is 3.81. The second-order valence-electron chi connectivity index (χ2n) is 7.00. The molecule has 1 aromatic heterocycles. The number of aromatic nitrogens is 1. The molecule has 4 aromatic rings. The molecule has 3 aromatic carbocycles. The van der Waals surface area contributed by atoms with Gasteiger partial charge in [-0.25, -0.2) is 9.37 Å². The lowest BCUT2D eigenvalue weighted by atomic mass is 9.98. The summed E-state index contributed by atoms with van der Waals surface area (Å²) in [5.41, 5.74) is 4.66. The van der Waals surface area contributed by atoms with Crippen molar-refractivity contribution in [3.8, 4) is 11.5 Å². The molecule has 0 spiro atoms. The second-order valence-corrected chi connectivity index (χ2v) is 7.72. The molecule has 32 heavy (non-hydrogen) atoms. The van der Waals surface area contributed by atoms with E-state index in [4.69, 9.17) is 9.47 Å². The molecule has 1 unspecified atom stereocenters. The molecule has 0 aliphatic rings. The SMILES string of the molecule is COc1cc(C(=O)NC(c2ccccc2)c2ccc(F)cc2)ccc1OCc1cscn1. The topological polar surface area (TPSA) is 60.5 Å². The highest BCUT2D eigenvalue weighted by Gasteiger charge is 2.19. The molecular formula is C25H21FN2O3S. The van der Waals surface area contributed by atoms with Crippen molar-refractivity contribution in [2.45, 2.75) is 12.6 Å². The first kappa shape index (κ1) is 21.5. The van der Waals surface area contributed by atoms with Crippen LogP contribution < -0.4 is 14.8 Å². The molecule has 0 bridgehead atoms. The Kier molecular flexibility index (Phi) is 6.77. The van der Waals surface area contributed by atoms with Crippen LogP contribution in [0.3, 0.4) is 0 Å². The molecule has 1 amide bonds. The lowest BCUT2D eigenvalue weighted by Crippen LogP contribution is -2.29. The van der Waals surface area contributed by atoms with Gasteiger partial charge in [-0.15, -0.1) is 11.3 Å². The number of ether oxygens (including phenoxy) is 2. The van der Waals surface area contributed by atoms with Gasteiger partial charge in [-0.3, -0.25) is 4.79 Å². The minimum absolute atomic E-state index is 0.285. The fraction of sp³-hybridized carbons (Fsp3) is 0.120. The summed E-state index contributed by atoms with van der Waals surface area (Å²) in [6.45, 7) is 0.312. The van der Waals surface area contributed by atoms with Gasteiger partial charge in [0.1, 0.15) is 12.4 Å². The van der Waals surface area contributed by atoms with Crippen molar-refractivity contribution in [1.29, 1.82) is 0 Å². The molecule has 162 valence electrons. The average Bonchev–Trinajstić information content (AvgIpc) is 3.36. The van der Waals surface area contributed by atoms with Gasteiger partial charge in [0.15, 0.2) is 11.5 Å². The number of carbonyl (C=O) groups is 1. The normalized spacial score (nSPS) is 11.6. The predicted octanol–water partition coefficient (Wildman–Crippen LogP) is 5.39. The summed E-state index contributed by atoms with van der Waals surface area (Å²) < 4.78 is 24.7. The maximum atomic E-state index is 13.4. The monoisotopic (exact) mass is 448 g/mol. The maximum Gasteiger partial charge on any atom is 0.252 e. The molecule has 0 fully saturated rings. The van der Waals surface area contributed by atoms with Gasteiger partial charge < -0.3 is 14.8 Å². The molecule has 7 heteroatoms. The van der Waals surface area contributed by atoms with E-state index in [-0.39, 0.29) is 11.7 Å². The molecule has 0 saturated heterocycles. The average molecular weight is 449 g/mol. The third-order valence-electron chi connectivity index (χ3n) is 4.90. The Hall–Kier alpha value is -3.71. The smallest absolute Gasteiger partial charge is 0.252 e. The second kappa shape index (κ2) is 10.1. The van der Waals surface area contributed by atoms with Crippen LogP contribution in [-0.4, -0.2) is 18.0 Å². The van der Waals surface area contributed by atoms with Crippen LogP contribution in [0, 0.1) is 5.82 Å². The van der Waals surface area contributed by atoms with Gasteiger partial charge in [-0.2, -0.15) is 0 Å². The van der Waals surface area contributed by atoms with E-state index in [9.17, 15) is 9.18 Å². The van der Waals surface area contributed by atoms with Crippen molar-refractivity contribution in [3.05, 3.63) is 112 Å². The first-order valence-corrected chi connectivity index (χ1v) is 10.9. The van der Waals surface area contributed by atoms with E-state index < -0.39 is 6.04 Å². The van der Waals surface area contributed by atoms with Crippen LogP contribution in [0.15, 0.2) is 83.7 Å². The lowest BCUT2D eigenvalue weighted by molar-refractivity contribution is 0.0942. The third-order valence-corrected chi connectivity index (χ3v) is 5.53. The molecule has 0 radical (unpaired) electrons. The molecule has 1 atom stereocenters. The van der Waals surface area contributed by atoms with Crippen LogP contribution in [0.4, 0.5) is 4.39 Å². The number of nitrogens with zero attached hydrogens (tertiary/aromatic N) is 1. The number of methoxy groups -OCH3 is 1. The maximum absolute atomic E-state index is 13.4. The summed E-state index contributed by atoms with van der Waals surface area (Å²) in [5.74, 6) is 0.360. The molecule has 0 aliphatic heterocycles. The standard InChI is InChI=1S/C25H21FN2O3S/c1-30-23-13-19(9-12-22(23)31-14-21-15-32-16-27-21)25(29)28-24(17-5-3-2-4-6-17)18-7-10-20(26)11-8-18/h2-13,15-16,24H,14H2,1H3,(H,28,29). The fourth-order valence-electron chi connectivity index (χ4n) is 3.26. The zero-order chi connectivity index (χ0) is 22.3. The highest BCUT2D eigenvalue weighted by atomic mass is 32.1. The van der Waals surface area contributed by atoms with Gasteiger partial charge >= 0.3 is 0 Å². The summed E-state index contributed by atoms with van der Waals surface area (Å²) in [4.78, 5) is 17.3. The van der Waals surface area contributed by atoms with Crippen molar-refractivity contribution in [1.82, 2.24) is 10.3 Å². The van der Waals surface area contributed by atoms with Gasteiger partial charge in [-0.05, 0) is 41.5 Å². The Bertz CT molecular complexity index is 1170. The number of hydrogen-bond donors (Lipinski definition) is 1. The van der Waals surface area contributed by atoms with E-state index in [2.05, 4.69) is 10.3 Å². The highest BCUT2D eigenvalue weighted by molar-refractivity contribution is 7.07. The number of benzene rings is 3. The predicted molar refractivity (Wildman–Crippen MR) is 122 cm³/mol. The zero-order valence-corrected chi connectivity index (χ0v) is 18.1. The molecule has 1 N–H and O–H groups in total. The molecule has 0 saturated carbocycles. The number of amides is 1. The van der Waals surface area contributed by atoms with Gasteiger partial charge in [0.2, 0.25) is 0 Å². The summed E-state index contributed by atoms with van der Waals surface area (Å²) >= 11 is 1.50. The number of nitrogens with one attached hydrogen (secondary N) is 1. The number of halogens is 1. The number of hydrogen-bond acceptors (Lipinski definition) is 5. The first-order chi connectivity index (χ1) is 15.6. The Labute approximate surface area is 189 Å². The van der Waals surface area contributed by atoms with Crippen molar-refractivity contribution in [2.75, 3.05) is 7.11 Å². The largest absolute Gasteiger partial charge is 0.493 e. The summed E-state index contributed by atoms with van der Waals surface area (Å²) in [7, 11) is 1.53. The molecule has 4 rings (SSSR count). The van der Waals surface area contributed by atoms with E-state index in [1.54, 1.807) is 35.8 Å². The van der Waals surface area contributed by atoms with Crippen molar-refractivity contribution in [3.63, 3.8) is 0 Å². The van der Waals surface area contributed by atoms with Gasteiger partial charge in [-0.1, -0.05) is 42.5 Å². The Balaban J connectivity index is 1.55. The van der Waals surface area contributed by atoms with E-state index in [0.717, 1.165) is 16.8 Å². The minimum atomic E-state index is -0.434. The molecule has 1 heterocycles. The quantitative estimate of drug-likeness (QED) is 0.393. The van der Waals surface area contributed by atoms with Crippen LogP contribution in [0.25, 0.3) is 0 Å². The van der Waals surface area contributed by atoms with Gasteiger partial charge in [0.05, 0.1) is 24.4 Å². The van der Waals surface area contributed by atoms with Gasteiger partial charge in [0.25, 0.3) is 5.91 Å². The number of carbonyl (C=O) groups excluding carboxylic acids is 1. The van der Waals surface area contributed by atoms with Crippen molar-refractivity contribution < 1.29 is 18.7 Å². The van der Waals surface area contributed by atoms with E-state index in [1.807, 2.05) is 35.7 Å². The highest BCUT2D eigenvalue weighted by Crippen LogP contribution is 2.30. The summed E-state index contributed by atoms with van der Waals surface area (Å²) in [5, 5.41) is 4.95. The molecular weight excluding hydrogens is 427 g/mol. The first-order valence-electron chi connectivity index (χ1n) is 9.93. The van der Waals surface area contributed by atoms with Crippen LogP contribution in [0.1, 0.15) is 33.2 Å². The third kappa shape index (κ3) is 5.12. The Morgan fingerprint density at radius 3 is 2.47 bits per heavy atom. The zero-order valence-electron chi connectivity index (χ0n) is 17.3.